The Bertz CT molecular complexity index is 3670. The van der Waals surface area contributed by atoms with E-state index >= 15 is 0 Å². The third kappa shape index (κ3) is 7.04. The van der Waals surface area contributed by atoms with Gasteiger partial charge in [0.2, 0.25) is 0 Å². The maximum atomic E-state index is 8.50. The van der Waals surface area contributed by atoms with Gasteiger partial charge in [-0.3, -0.25) is 9.55 Å². The Kier molecular flexibility index (Phi) is 8.28. The van der Waals surface area contributed by atoms with Gasteiger partial charge in [0.05, 0.1) is 16.7 Å². The molecule has 0 atom stereocenters. The van der Waals surface area contributed by atoms with Crippen LogP contribution in [-0.4, -0.2) is 19.1 Å². The molecule has 0 N–H and O–H groups in total. The number of rotatable bonds is 7. The molecule has 6 aromatic carbocycles. The Morgan fingerprint density at radius 2 is 1.39 bits per heavy atom. The zero-order valence-corrected chi connectivity index (χ0v) is 37.5. The summed E-state index contributed by atoms with van der Waals surface area (Å²) in [6.45, 7) is 11.9. The van der Waals surface area contributed by atoms with Crippen molar-refractivity contribution in [3.63, 3.8) is 0 Å². The molecule has 64 heavy (non-hydrogen) atoms. The first-order valence-electron chi connectivity index (χ1n) is 24.7. The lowest BCUT2D eigenvalue weighted by atomic mass is 9.88. The van der Waals surface area contributed by atoms with E-state index in [1.54, 1.807) is 6.07 Å². The lowest BCUT2D eigenvalue weighted by Crippen LogP contribution is -2.29. The first-order valence-corrected chi connectivity index (χ1v) is 21.7. The fourth-order valence-corrected chi connectivity index (χ4v) is 9.61. The highest BCUT2D eigenvalue weighted by Crippen LogP contribution is 2.40. The van der Waals surface area contributed by atoms with E-state index in [-0.39, 0.29) is 22.1 Å². The van der Waals surface area contributed by atoms with E-state index in [0.717, 1.165) is 78.0 Å². The quantitative estimate of drug-likeness (QED) is 0.150. The molecular formula is C58H54N5O+. The monoisotopic (exact) mass is 842 g/mol. The van der Waals surface area contributed by atoms with E-state index < -0.39 is 13.7 Å². The molecule has 0 bridgehead atoms. The van der Waals surface area contributed by atoms with Crippen molar-refractivity contribution in [1.29, 1.82) is 0 Å². The van der Waals surface area contributed by atoms with Crippen LogP contribution in [0.3, 0.4) is 0 Å². The summed E-state index contributed by atoms with van der Waals surface area (Å²) in [6, 6.07) is 43.2. The van der Waals surface area contributed by atoms with E-state index in [2.05, 4.69) is 112 Å². The summed E-state index contributed by atoms with van der Waals surface area (Å²) in [4.78, 5) is 9.83. The van der Waals surface area contributed by atoms with E-state index in [9.17, 15) is 0 Å². The van der Waals surface area contributed by atoms with E-state index in [1.165, 1.54) is 29.3 Å². The van der Waals surface area contributed by atoms with Crippen molar-refractivity contribution in [3.8, 4) is 50.9 Å². The summed E-state index contributed by atoms with van der Waals surface area (Å²) < 4.78 is 64.3. The second-order valence-electron chi connectivity index (χ2n) is 18.1. The standard InChI is InChI=1S/C58H54N5O/c1-35-26-38(4)55(39(5)27-35)42-29-44(61-34-62(52-21-14-13-20-51(52)61)50-19-12-11-18-48(50)56-36(2)16-15-17-37(56)3)32-46(30-42)64-45-22-23-47-49-28-40(6)60-41(7)57(49)63(53(47)33-45)54-31-43(24-25-59-54)58(8,9)10/h11-34H,1-10H3/q+1/i2D3,3D3. The summed E-state index contributed by atoms with van der Waals surface area (Å²) in [5, 5.41) is 2.16. The zero-order valence-electron chi connectivity index (χ0n) is 43.5. The predicted octanol–water partition coefficient (Wildman–Crippen LogP) is 14.4. The maximum absolute atomic E-state index is 8.50. The second-order valence-corrected chi connectivity index (χ2v) is 18.1. The molecule has 0 unspecified atom stereocenters. The number of hydrogen-bond acceptors (Lipinski definition) is 3. The molecule has 0 spiro atoms. The first-order chi connectivity index (χ1) is 33.2. The molecule has 316 valence electrons. The van der Waals surface area contributed by atoms with Crippen LogP contribution in [0.5, 0.6) is 11.5 Å². The Morgan fingerprint density at radius 3 is 2.16 bits per heavy atom. The molecule has 10 aromatic rings. The highest BCUT2D eigenvalue weighted by Gasteiger charge is 2.25. The molecule has 0 fully saturated rings. The topological polar surface area (TPSA) is 48.8 Å². The summed E-state index contributed by atoms with van der Waals surface area (Å²) in [6.07, 6.45) is 3.86. The molecule has 0 amide bonds. The average molecular weight is 843 g/mol. The van der Waals surface area contributed by atoms with Gasteiger partial charge in [-0.2, -0.15) is 9.13 Å². The first kappa shape index (κ1) is 34.2. The van der Waals surface area contributed by atoms with Gasteiger partial charge in [-0.1, -0.05) is 87.0 Å². The predicted molar refractivity (Wildman–Crippen MR) is 264 cm³/mol. The Morgan fingerprint density at radius 1 is 0.641 bits per heavy atom. The number of para-hydroxylation sites is 3. The molecule has 0 aliphatic heterocycles. The van der Waals surface area contributed by atoms with E-state index in [4.69, 9.17) is 22.9 Å². The Labute approximate surface area is 384 Å². The van der Waals surface area contributed by atoms with Crippen molar-refractivity contribution >= 4 is 32.8 Å². The molecule has 0 saturated carbocycles. The van der Waals surface area contributed by atoms with E-state index in [1.807, 2.05) is 78.6 Å². The number of hydrogen-bond donors (Lipinski definition) is 0. The van der Waals surface area contributed by atoms with Crippen molar-refractivity contribution < 1.29 is 17.5 Å². The highest BCUT2D eigenvalue weighted by molar-refractivity contribution is 6.10. The van der Waals surface area contributed by atoms with Crippen LogP contribution in [0.2, 0.25) is 0 Å². The number of imidazole rings is 1. The van der Waals surface area contributed by atoms with Gasteiger partial charge in [0.25, 0.3) is 6.33 Å². The number of aromatic nitrogens is 5. The van der Waals surface area contributed by atoms with Crippen LogP contribution in [0.4, 0.5) is 0 Å². The van der Waals surface area contributed by atoms with Gasteiger partial charge in [-0.05, 0) is 159 Å². The molecule has 4 heterocycles. The lowest BCUT2D eigenvalue weighted by molar-refractivity contribution is -0.567. The van der Waals surface area contributed by atoms with Crippen LogP contribution in [-0.2, 0) is 5.41 Å². The molecule has 6 nitrogen and oxygen atoms in total. The van der Waals surface area contributed by atoms with Gasteiger partial charge in [-0.15, -0.1) is 0 Å². The molecule has 4 aromatic heterocycles. The minimum atomic E-state index is -2.57. The molecule has 0 aliphatic rings. The number of nitrogens with zero attached hydrogens (tertiary/aromatic N) is 5. The molecular weight excluding hydrogens is 783 g/mol. The maximum Gasteiger partial charge on any atom is 0.255 e. The van der Waals surface area contributed by atoms with Crippen LogP contribution in [0.1, 0.15) is 73.8 Å². The number of benzene rings is 6. The van der Waals surface area contributed by atoms with Crippen LogP contribution >= 0.6 is 0 Å². The largest absolute Gasteiger partial charge is 0.457 e. The minimum absolute atomic E-state index is 0.0218. The van der Waals surface area contributed by atoms with Crippen molar-refractivity contribution in [2.75, 3.05) is 0 Å². The van der Waals surface area contributed by atoms with Gasteiger partial charge in [-0.25, -0.2) is 4.98 Å². The fourth-order valence-electron chi connectivity index (χ4n) is 9.61. The van der Waals surface area contributed by atoms with Gasteiger partial charge in [0, 0.05) is 48.6 Å². The fraction of sp³-hybridized carbons (Fsp3) is 0.190. The number of ether oxygens (including phenoxy) is 1. The third-order valence-corrected chi connectivity index (χ3v) is 12.4. The summed E-state index contributed by atoms with van der Waals surface area (Å²) in [5.74, 6) is 2.07. The molecule has 10 rings (SSSR count). The second kappa shape index (κ2) is 15.5. The smallest absolute Gasteiger partial charge is 0.255 e. The Balaban J connectivity index is 1.18. The van der Waals surface area contributed by atoms with Gasteiger partial charge in [0.1, 0.15) is 28.7 Å². The van der Waals surface area contributed by atoms with Crippen molar-refractivity contribution in [2.24, 2.45) is 0 Å². The Hall–Kier alpha value is -7.31. The average Bonchev–Trinajstić information content (AvgIpc) is 3.84. The number of aryl methyl sites for hydroxylation is 7. The minimum Gasteiger partial charge on any atom is -0.457 e. The molecule has 0 saturated heterocycles. The molecule has 0 radical (unpaired) electrons. The van der Waals surface area contributed by atoms with Gasteiger partial charge in [0.15, 0.2) is 11.0 Å². The van der Waals surface area contributed by atoms with E-state index in [0.29, 0.717) is 22.7 Å². The van der Waals surface area contributed by atoms with Crippen LogP contribution in [0.25, 0.3) is 72.3 Å². The van der Waals surface area contributed by atoms with Gasteiger partial charge >= 0.3 is 0 Å². The van der Waals surface area contributed by atoms with Crippen molar-refractivity contribution in [1.82, 2.24) is 19.1 Å². The molecule has 6 heteroatoms. The van der Waals surface area contributed by atoms with Crippen LogP contribution < -0.4 is 9.30 Å². The number of pyridine rings is 2. The highest BCUT2D eigenvalue weighted by atomic mass is 16.5. The normalized spacial score (nSPS) is 13.7. The van der Waals surface area contributed by atoms with Crippen molar-refractivity contribution in [2.45, 2.75) is 74.5 Å². The van der Waals surface area contributed by atoms with Crippen LogP contribution in [0, 0.1) is 48.3 Å². The SMILES string of the molecule is [2H]C([2H])([2H])c1cccc(C([2H])([2H])[2H])c1-c1ccccc1-[n+]1cn(-c2cc(Oc3ccc4c5cc(C)nc(C)c5n(-c5cc(C(C)(C)C)ccn5)c4c3)cc(-c3c(C)cc(C)cc3C)c2)c2ccccc21. The zero-order chi connectivity index (χ0) is 49.6. The summed E-state index contributed by atoms with van der Waals surface area (Å²) in [5.41, 5.74) is 14.2. The number of fused-ring (bicyclic) bond motifs is 4. The van der Waals surface area contributed by atoms with Crippen LogP contribution in [0.15, 0.2) is 146 Å². The summed E-state index contributed by atoms with van der Waals surface area (Å²) >= 11 is 0. The molecule has 0 aliphatic carbocycles. The summed E-state index contributed by atoms with van der Waals surface area (Å²) in [7, 11) is 0. The lowest BCUT2D eigenvalue weighted by Gasteiger charge is -2.20. The van der Waals surface area contributed by atoms with Gasteiger partial charge < -0.3 is 4.74 Å². The van der Waals surface area contributed by atoms with Crippen molar-refractivity contribution in [3.05, 3.63) is 191 Å². The third-order valence-electron chi connectivity index (χ3n) is 12.4.